The number of esters is 4. The van der Waals surface area contributed by atoms with Crippen LogP contribution in [0.3, 0.4) is 0 Å². The van der Waals surface area contributed by atoms with E-state index < -0.39 is 97.5 Å². The number of hydrogen-bond donors (Lipinski definition) is 3. The summed E-state index contributed by atoms with van der Waals surface area (Å²) < 4.78 is 68.6. The van der Waals surface area contributed by atoms with Crippen LogP contribution in [-0.4, -0.2) is 96.7 Å². The second-order valence-electron chi connectivity index (χ2n) is 30.6. The van der Waals surface area contributed by atoms with Crippen LogP contribution in [0, 0.1) is 11.8 Å². The Balaban J connectivity index is 5.16. The number of unbranched alkanes of at least 4 members (excludes halogenated alkanes) is 51. The van der Waals surface area contributed by atoms with Gasteiger partial charge in [-0.05, 0) is 37.5 Å². The molecule has 0 fully saturated rings. The Hall–Kier alpha value is -1.94. The Bertz CT molecular complexity index is 1960. The maximum Gasteiger partial charge on any atom is 0.472 e. The fourth-order valence-corrected chi connectivity index (χ4v) is 14.4. The number of aliphatic hydroxyl groups excluding tert-OH is 1. The zero-order valence-electron chi connectivity index (χ0n) is 66.9. The number of hydrogen-bond acceptors (Lipinski definition) is 15. The summed E-state index contributed by atoms with van der Waals surface area (Å²) in [5.41, 5.74) is 0. The monoisotopic (exact) mass is 1490 g/mol. The van der Waals surface area contributed by atoms with Crippen molar-refractivity contribution in [3.63, 3.8) is 0 Å². The SMILES string of the molecule is CCCCCCCCCCCCCCCCCCCCCCCCC(=O)O[C@H](COC(=O)CCCCCCCCCCCCCCCCCCCCC(C)C)COP(=O)(O)OC[C@@H](O)COP(=O)(O)OC[C@@H](COC(=O)CCCCCCCCCCC)OC(=O)CCCCCCCCC(C)CC. The maximum atomic E-state index is 13.1. The van der Waals surface area contributed by atoms with Gasteiger partial charge in [0.1, 0.15) is 19.3 Å². The van der Waals surface area contributed by atoms with E-state index in [0.717, 1.165) is 102 Å². The fraction of sp³-hybridized carbons (Fsp3) is 0.952. The molecule has 0 rings (SSSR count). The van der Waals surface area contributed by atoms with Crippen LogP contribution in [0.4, 0.5) is 0 Å². The average molecular weight is 1490 g/mol. The smallest absolute Gasteiger partial charge is 0.462 e. The molecule has 3 N–H and O–H groups in total. The number of aliphatic hydroxyl groups is 1. The largest absolute Gasteiger partial charge is 0.472 e. The van der Waals surface area contributed by atoms with Crippen LogP contribution in [0.1, 0.15) is 440 Å². The highest BCUT2D eigenvalue weighted by Gasteiger charge is 2.30. The summed E-state index contributed by atoms with van der Waals surface area (Å²) >= 11 is 0. The van der Waals surface area contributed by atoms with Crippen LogP contribution in [-0.2, 0) is 65.4 Å². The molecular weight excluding hydrogens is 1330 g/mol. The number of carbonyl (C=O) groups is 4. The number of carbonyl (C=O) groups excluding carboxylic acids is 4. The van der Waals surface area contributed by atoms with Crippen molar-refractivity contribution in [2.75, 3.05) is 39.6 Å². The first-order valence-electron chi connectivity index (χ1n) is 43.0. The standard InChI is InChI=1S/C83H162O17P2/c1-7-10-12-14-16-18-19-20-21-22-23-24-25-26-31-34-37-40-44-48-55-61-67-82(87)99-78(71-94-81(86)66-60-54-47-43-39-36-33-30-28-27-29-32-35-38-42-45-51-57-63-75(4)5)73-97-101(89,90)95-69-77(84)70-96-102(91,92)98-74-79(72-93-80(85)65-59-53-46-41-17-15-13-11-8-2)100-83(88)68-62-56-50-49-52-58-64-76(6)9-3/h75-79,84H,7-74H2,1-6H3,(H,89,90)(H,91,92)/t76?,77-,78-,79-/m1/s1. The van der Waals surface area contributed by atoms with Gasteiger partial charge in [-0.1, -0.05) is 388 Å². The van der Waals surface area contributed by atoms with Gasteiger partial charge in [0.05, 0.1) is 26.4 Å². The van der Waals surface area contributed by atoms with Crippen molar-refractivity contribution in [2.45, 2.75) is 458 Å². The lowest BCUT2D eigenvalue weighted by atomic mass is 10.00. The Morgan fingerprint density at radius 3 is 0.745 bits per heavy atom. The van der Waals surface area contributed by atoms with Crippen molar-refractivity contribution in [1.82, 2.24) is 0 Å². The predicted molar refractivity (Wildman–Crippen MR) is 418 cm³/mol. The van der Waals surface area contributed by atoms with Gasteiger partial charge in [0.15, 0.2) is 12.2 Å². The lowest BCUT2D eigenvalue weighted by Crippen LogP contribution is -2.30. The molecule has 0 bridgehead atoms. The van der Waals surface area contributed by atoms with Gasteiger partial charge >= 0.3 is 39.5 Å². The Labute approximate surface area is 626 Å². The van der Waals surface area contributed by atoms with Gasteiger partial charge in [-0.15, -0.1) is 0 Å². The third-order valence-corrected chi connectivity index (χ3v) is 21.7. The third kappa shape index (κ3) is 74.9. The topological polar surface area (TPSA) is 237 Å². The first kappa shape index (κ1) is 100. The molecule has 0 saturated heterocycles. The molecule has 0 aliphatic carbocycles. The summed E-state index contributed by atoms with van der Waals surface area (Å²) in [4.78, 5) is 72.9. The molecule has 0 aliphatic rings. The molecule has 0 aromatic rings. The van der Waals surface area contributed by atoms with Gasteiger partial charge in [0.2, 0.25) is 0 Å². The third-order valence-electron chi connectivity index (χ3n) is 19.8. The first-order valence-corrected chi connectivity index (χ1v) is 46.0. The molecule has 0 saturated carbocycles. The summed E-state index contributed by atoms with van der Waals surface area (Å²) in [6.45, 7) is 9.60. The van der Waals surface area contributed by atoms with Crippen molar-refractivity contribution < 1.29 is 80.2 Å². The van der Waals surface area contributed by atoms with E-state index in [4.69, 9.17) is 37.0 Å². The van der Waals surface area contributed by atoms with E-state index in [0.29, 0.717) is 25.7 Å². The van der Waals surface area contributed by atoms with Crippen LogP contribution in [0.5, 0.6) is 0 Å². The average Bonchev–Trinajstić information content (AvgIpc) is 1.04. The maximum absolute atomic E-state index is 13.1. The minimum atomic E-state index is -4.96. The second kappa shape index (κ2) is 74.5. The van der Waals surface area contributed by atoms with E-state index in [9.17, 15) is 43.2 Å². The minimum Gasteiger partial charge on any atom is -0.462 e. The van der Waals surface area contributed by atoms with Gasteiger partial charge in [-0.2, -0.15) is 0 Å². The van der Waals surface area contributed by atoms with E-state index in [2.05, 4.69) is 41.5 Å². The highest BCUT2D eigenvalue weighted by atomic mass is 31.2. The van der Waals surface area contributed by atoms with Crippen LogP contribution in [0.2, 0.25) is 0 Å². The lowest BCUT2D eigenvalue weighted by Gasteiger charge is -2.21. The number of ether oxygens (including phenoxy) is 4. The van der Waals surface area contributed by atoms with Gasteiger partial charge < -0.3 is 33.8 Å². The molecule has 17 nitrogen and oxygen atoms in total. The predicted octanol–water partition coefficient (Wildman–Crippen LogP) is 25.1. The molecule has 0 aromatic carbocycles. The second-order valence-corrected chi connectivity index (χ2v) is 33.5. The Kier molecular flexibility index (Phi) is 73.1. The van der Waals surface area contributed by atoms with E-state index in [1.54, 1.807) is 0 Å². The van der Waals surface area contributed by atoms with Crippen molar-refractivity contribution in [3.8, 4) is 0 Å². The van der Waals surface area contributed by atoms with Crippen molar-refractivity contribution >= 4 is 39.5 Å². The van der Waals surface area contributed by atoms with Crippen LogP contribution >= 0.6 is 15.6 Å². The van der Waals surface area contributed by atoms with Crippen LogP contribution < -0.4 is 0 Å². The Morgan fingerprint density at radius 2 is 0.500 bits per heavy atom. The van der Waals surface area contributed by atoms with E-state index in [1.807, 2.05) is 0 Å². The van der Waals surface area contributed by atoms with Crippen molar-refractivity contribution in [2.24, 2.45) is 11.8 Å². The molecule has 3 unspecified atom stereocenters. The molecule has 606 valence electrons. The molecular formula is C83H162O17P2. The molecule has 0 aliphatic heterocycles. The number of rotatable bonds is 82. The minimum absolute atomic E-state index is 0.103. The fourth-order valence-electron chi connectivity index (χ4n) is 12.9. The van der Waals surface area contributed by atoms with Crippen LogP contribution in [0.25, 0.3) is 0 Å². The molecule has 0 radical (unpaired) electrons. The van der Waals surface area contributed by atoms with Gasteiger partial charge in [0, 0.05) is 25.7 Å². The molecule has 0 aromatic heterocycles. The van der Waals surface area contributed by atoms with Gasteiger partial charge in [0.25, 0.3) is 0 Å². The van der Waals surface area contributed by atoms with E-state index in [1.165, 1.54) is 257 Å². The van der Waals surface area contributed by atoms with Gasteiger partial charge in [-0.25, -0.2) is 9.13 Å². The molecule has 6 atom stereocenters. The number of phosphoric ester groups is 2. The van der Waals surface area contributed by atoms with Crippen LogP contribution in [0.15, 0.2) is 0 Å². The summed E-state index contributed by atoms with van der Waals surface area (Å²) in [6.07, 6.45) is 65.6. The Morgan fingerprint density at radius 1 is 0.284 bits per heavy atom. The summed E-state index contributed by atoms with van der Waals surface area (Å²) in [7, 11) is -9.92. The first-order chi connectivity index (χ1) is 49.4. The molecule has 0 heterocycles. The lowest BCUT2D eigenvalue weighted by molar-refractivity contribution is -0.161. The van der Waals surface area contributed by atoms with E-state index in [-0.39, 0.29) is 25.7 Å². The van der Waals surface area contributed by atoms with Crippen molar-refractivity contribution in [3.05, 3.63) is 0 Å². The highest BCUT2D eigenvalue weighted by Crippen LogP contribution is 2.45. The van der Waals surface area contributed by atoms with Crippen molar-refractivity contribution in [1.29, 1.82) is 0 Å². The summed E-state index contributed by atoms with van der Waals surface area (Å²) in [6, 6.07) is 0. The normalized spacial score (nSPS) is 14.1. The molecule has 0 amide bonds. The summed E-state index contributed by atoms with van der Waals surface area (Å²) in [5, 5.41) is 10.6. The molecule has 19 heteroatoms. The number of phosphoric acid groups is 2. The zero-order chi connectivity index (χ0) is 74.9. The quantitative estimate of drug-likeness (QED) is 0.0222. The highest BCUT2D eigenvalue weighted by molar-refractivity contribution is 7.47. The zero-order valence-corrected chi connectivity index (χ0v) is 68.7. The summed E-state index contributed by atoms with van der Waals surface area (Å²) in [5.74, 6) is -0.570. The molecule has 0 spiro atoms. The van der Waals surface area contributed by atoms with Gasteiger partial charge in [-0.3, -0.25) is 37.3 Å². The molecule has 102 heavy (non-hydrogen) atoms. The van der Waals surface area contributed by atoms with E-state index >= 15 is 0 Å².